The molecule has 0 saturated heterocycles. The van der Waals surface area contributed by atoms with Crippen molar-refractivity contribution >= 4 is 10.0 Å². The van der Waals surface area contributed by atoms with Gasteiger partial charge in [-0.3, -0.25) is 4.57 Å². The minimum atomic E-state index is -3.80. The Labute approximate surface area is 87.3 Å². The van der Waals surface area contributed by atoms with E-state index in [1.54, 1.807) is 4.57 Å². The van der Waals surface area contributed by atoms with Crippen LogP contribution in [0.4, 0.5) is 0 Å². The van der Waals surface area contributed by atoms with Gasteiger partial charge in [0.05, 0.1) is 0 Å². The second kappa shape index (κ2) is 3.54. The van der Waals surface area contributed by atoms with Gasteiger partial charge in [0.2, 0.25) is 0 Å². The van der Waals surface area contributed by atoms with Crippen LogP contribution in [-0.4, -0.2) is 30.3 Å². The minimum Gasteiger partial charge on any atom is -0.377 e. The summed E-state index contributed by atoms with van der Waals surface area (Å²) in [5.74, 6) is 0.504. The first-order valence-corrected chi connectivity index (χ1v) is 6.04. The van der Waals surface area contributed by atoms with Crippen LogP contribution in [0.5, 0.6) is 0 Å². The predicted molar refractivity (Wildman–Crippen MR) is 50.4 cm³/mol. The third-order valence-corrected chi connectivity index (χ3v) is 2.96. The lowest BCUT2D eigenvalue weighted by Crippen LogP contribution is -2.19. The summed E-state index contributed by atoms with van der Waals surface area (Å²) >= 11 is 0. The molecule has 0 bridgehead atoms. The summed E-state index contributed by atoms with van der Waals surface area (Å²) in [6.45, 7) is 0.235. The SMILES string of the molecule is COCc1nnc(S(N)(=O)=O)n1C1CC1. The van der Waals surface area contributed by atoms with E-state index in [4.69, 9.17) is 9.88 Å². The van der Waals surface area contributed by atoms with Crippen LogP contribution < -0.4 is 5.14 Å². The fourth-order valence-electron chi connectivity index (χ4n) is 1.43. The molecule has 1 aliphatic rings. The molecule has 0 aromatic carbocycles. The summed E-state index contributed by atoms with van der Waals surface area (Å²) in [5.41, 5.74) is 0. The predicted octanol–water partition coefficient (Wildman–Crippen LogP) is -0.593. The van der Waals surface area contributed by atoms with Gasteiger partial charge in [-0.1, -0.05) is 0 Å². The fourth-order valence-corrected chi connectivity index (χ4v) is 2.11. The first-order chi connectivity index (χ1) is 7.04. The maximum Gasteiger partial charge on any atom is 0.273 e. The molecule has 0 radical (unpaired) electrons. The van der Waals surface area contributed by atoms with Crippen LogP contribution in [0.15, 0.2) is 5.16 Å². The number of ether oxygens (including phenoxy) is 1. The molecular formula is C7H12N4O3S. The Kier molecular flexibility index (Phi) is 2.49. The zero-order valence-corrected chi connectivity index (χ0v) is 9.07. The summed E-state index contributed by atoms with van der Waals surface area (Å²) in [6, 6.07) is 0.151. The van der Waals surface area contributed by atoms with E-state index in [2.05, 4.69) is 10.2 Å². The molecule has 1 aromatic heterocycles. The van der Waals surface area contributed by atoms with E-state index >= 15 is 0 Å². The zero-order valence-electron chi connectivity index (χ0n) is 8.25. The largest absolute Gasteiger partial charge is 0.377 e. The molecule has 2 N–H and O–H groups in total. The van der Waals surface area contributed by atoms with Crippen LogP contribution in [-0.2, 0) is 21.4 Å². The molecule has 1 saturated carbocycles. The van der Waals surface area contributed by atoms with Crippen molar-refractivity contribution in [1.82, 2.24) is 14.8 Å². The monoisotopic (exact) mass is 232 g/mol. The van der Waals surface area contributed by atoms with Crippen LogP contribution in [0.2, 0.25) is 0 Å². The molecule has 0 amide bonds. The van der Waals surface area contributed by atoms with Crippen molar-refractivity contribution in [3.05, 3.63) is 5.82 Å². The number of sulfonamides is 1. The molecule has 2 rings (SSSR count). The van der Waals surface area contributed by atoms with Gasteiger partial charge in [0, 0.05) is 13.2 Å². The topological polar surface area (TPSA) is 100 Å². The second-order valence-corrected chi connectivity index (χ2v) is 4.93. The average molecular weight is 232 g/mol. The Morgan fingerprint density at radius 3 is 2.67 bits per heavy atom. The van der Waals surface area contributed by atoms with Crippen molar-refractivity contribution in [2.75, 3.05) is 7.11 Å². The fraction of sp³-hybridized carbons (Fsp3) is 0.714. The smallest absolute Gasteiger partial charge is 0.273 e. The molecule has 0 aliphatic heterocycles. The van der Waals surface area contributed by atoms with Gasteiger partial charge < -0.3 is 4.74 Å². The standard InChI is InChI=1S/C7H12N4O3S/c1-14-4-6-9-10-7(15(8,12)13)11(6)5-2-3-5/h5H,2-4H2,1H3,(H2,8,12,13). The summed E-state index contributed by atoms with van der Waals surface area (Å²) in [6.07, 6.45) is 1.86. The highest BCUT2D eigenvalue weighted by Crippen LogP contribution is 2.37. The van der Waals surface area contributed by atoms with Crippen molar-refractivity contribution in [3.8, 4) is 0 Å². The molecule has 1 aromatic rings. The van der Waals surface area contributed by atoms with Gasteiger partial charge in [-0.2, -0.15) is 0 Å². The number of rotatable bonds is 4. The Balaban J connectivity index is 2.47. The Morgan fingerprint density at radius 2 is 2.20 bits per heavy atom. The van der Waals surface area contributed by atoms with Gasteiger partial charge in [0.15, 0.2) is 5.82 Å². The van der Waals surface area contributed by atoms with Crippen molar-refractivity contribution < 1.29 is 13.2 Å². The maximum absolute atomic E-state index is 11.2. The Hall–Kier alpha value is -0.990. The first kappa shape index (κ1) is 10.5. The Morgan fingerprint density at radius 1 is 1.53 bits per heavy atom. The summed E-state index contributed by atoms with van der Waals surface area (Å²) in [7, 11) is -2.29. The lowest BCUT2D eigenvalue weighted by molar-refractivity contribution is 0.173. The number of methoxy groups -OCH3 is 1. The molecule has 15 heavy (non-hydrogen) atoms. The van der Waals surface area contributed by atoms with Crippen LogP contribution in [0.1, 0.15) is 24.7 Å². The highest BCUT2D eigenvalue weighted by atomic mass is 32.2. The summed E-state index contributed by atoms with van der Waals surface area (Å²) in [4.78, 5) is 0. The zero-order chi connectivity index (χ0) is 11.1. The van der Waals surface area contributed by atoms with Crippen molar-refractivity contribution in [3.63, 3.8) is 0 Å². The first-order valence-electron chi connectivity index (χ1n) is 4.49. The average Bonchev–Trinajstić information content (AvgIpc) is 2.87. The molecule has 7 nitrogen and oxygen atoms in total. The van der Waals surface area contributed by atoms with Gasteiger partial charge in [-0.25, -0.2) is 13.6 Å². The molecule has 0 spiro atoms. The number of nitrogens with zero attached hydrogens (tertiary/aromatic N) is 3. The van der Waals surface area contributed by atoms with Gasteiger partial charge in [0.1, 0.15) is 6.61 Å². The Bertz CT molecular complexity index is 463. The van der Waals surface area contributed by atoms with Crippen molar-refractivity contribution in [1.29, 1.82) is 0 Å². The minimum absolute atomic E-state index is 0.151. The number of hydrogen-bond donors (Lipinski definition) is 1. The molecule has 8 heteroatoms. The van der Waals surface area contributed by atoms with Gasteiger partial charge >= 0.3 is 0 Å². The summed E-state index contributed by atoms with van der Waals surface area (Å²) in [5, 5.41) is 12.2. The van der Waals surface area contributed by atoms with Crippen LogP contribution >= 0.6 is 0 Å². The number of hydrogen-bond acceptors (Lipinski definition) is 5. The third-order valence-electron chi connectivity index (χ3n) is 2.18. The lowest BCUT2D eigenvalue weighted by Gasteiger charge is -2.06. The van der Waals surface area contributed by atoms with Crippen LogP contribution in [0.25, 0.3) is 0 Å². The van der Waals surface area contributed by atoms with E-state index in [1.807, 2.05) is 0 Å². The second-order valence-electron chi connectivity index (χ2n) is 3.48. The van der Waals surface area contributed by atoms with E-state index in [0.717, 1.165) is 12.8 Å². The molecular weight excluding hydrogens is 220 g/mol. The molecule has 84 valence electrons. The van der Waals surface area contributed by atoms with Crippen molar-refractivity contribution in [2.24, 2.45) is 5.14 Å². The van der Waals surface area contributed by atoms with E-state index in [0.29, 0.717) is 5.82 Å². The summed E-state index contributed by atoms with van der Waals surface area (Å²) < 4.78 is 28.9. The number of aromatic nitrogens is 3. The highest BCUT2D eigenvalue weighted by molar-refractivity contribution is 7.89. The van der Waals surface area contributed by atoms with E-state index in [9.17, 15) is 8.42 Å². The third kappa shape index (κ3) is 2.01. The van der Waals surface area contributed by atoms with Gasteiger partial charge in [0.25, 0.3) is 15.2 Å². The van der Waals surface area contributed by atoms with E-state index in [1.165, 1.54) is 7.11 Å². The van der Waals surface area contributed by atoms with E-state index in [-0.39, 0.29) is 17.8 Å². The van der Waals surface area contributed by atoms with Gasteiger partial charge in [-0.15, -0.1) is 10.2 Å². The molecule has 1 heterocycles. The van der Waals surface area contributed by atoms with Crippen LogP contribution in [0, 0.1) is 0 Å². The number of primary sulfonamides is 1. The van der Waals surface area contributed by atoms with E-state index < -0.39 is 10.0 Å². The quantitative estimate of drug-likeness (QED) is 0.747. The number of nitrogens with two attached hydrogens (primary N) is 1. The highest BCUT2D eigenvalue weighted by Gasteiger charge is 2.32. The molecule has 1 aliphatic carbocycles. The van der Waals surface area contributed by atoms with Gasteiger partial charge in [-0.05, 0) is 12.8 Å². The van der Waals surface area contributed by atoms with Crippen LogP contribution in [0.3, 0.4) is 0 Å². The molecule has 0 unspecified atom stereocenters. The van der Waals surface area contributed by atoms with Crippen molar-refractivity contribution in [2.45, 2.75) is 30.6 Å². The maximum atomic E-state index is 11.2. The molecule has 0 atom stereocenters. The molecule has 1 fully saturated rings. The normalized spacial score (nSPS) is 16.9. The lowest BCUT2D eigenvalue weighted by atomic mass is 10.6.